The SMILES string of the molecule is CC(NC(=O)CCCn1nc(C(F)(F)F)c2c1CCCC2)c1cccs1. The Balaban J connectivity index is 1.58. The van der Waals surface area contributed by atoms with Crippen LogP contribution in [0, 0.1) is 0 Å². The number of thiophene rings is 1. The molecular formula is C18H22F3N3OS. The van der Waals surface area contributed by atoms with Crippen LogP contribution in [0.25, 0.3) is 0 Å². The minimum Gasteiger partial charge on any atom is -0.349 e. The molecule has 2 aromatic rings. The third-order valence-corrected chi connectivity index (χ3v) is 5.70. The zero-order valence-electron chi connectivity index (χ0n) is 14.6. The van der Waals surface area contributed by atoms with E-state index in [1.54, 1.807) is 11.3 Å². The second kappa shape index (κ2) is 7.82. The monoisotopic (exact) mass is 385 g/mol. The van der Waals surface area contributed by atoms with Crippen molar-refractivity contribution in [2.45, 2.75) is 64.2 Å². The highest BCUT2D eigenvalue weighted by Crippen LogP contribution is 2.35. The first kappa shape index (κ1) is 18.9. The molecule has 4 nitrogen and oxygen atoms in total. The molecule has 2 heterocycles. The topological polar surface area (TPSA) is 46.9 Å². The molecule has 0 aromatic carbocycles. The third-order valence-electron chi connectivity index (χ3n) is 4.65. The summed E-state index contributed by atoms with van der Waals surface area (Å²) < 4.78 is 41.0. The summed E-state index contributed by atoms with van der Waals surface area (Å²) in [7, 11) is 0. The molecule has 0 bridgehead atoms. The predicted molar refractivity (Wildman–Crippen MR) is 94.0 cm³/mol. The second-order valence-electron chi connectivity index (χ2n) is 6.61. The van der Waals surface area contributed by atoms with Gasteiger partial charge in [-0.3, -0.25) is 9.48 Å². The Morgan fingerprint density at radius 2 is 2.15 bits per heavy atom. The number of hydrogen-bond donors (Lipinski definition) is 1. The van der Waals surface area contributed by atoms with E-state index in [1.165, 1.54) is 4.68 Å². The molecular weight excluding hydrogens is 363 g/mol. The lowest BCUT2D eigenvalue weighted by molar-refractivity contribution is -0.142. The van der Waals surface area contributed by atoms with E-state index in [2.05, 4.69) is 10.4 Å². The highest BCUT2D eigenvalue weighted by Gasteiger charge is 2.39. The zero-order valence-corrected chi connectivity index (χ0v) is 15.4. The number of hydrogen-bond acceptors (Lipinski definition) is 3. The van der Waals surface area contributed by atoms with E-state index in [4.69, 9.17) is 0 Å². The summed E-state index contributed by atoms with van der Waals surface area (Å²) in [5.41, 5.74) is 0.290. The summed E-state index contributed by atoms with van der Waals surface area (Å²) in [5.74, 6) is -0.0945. The van der Waals surface area contributed by atoms with Crippen LogP contribution in [0.5, 0.6) is 0 Å². The fourth-order valence-corrected chi connectivity index (χ4v) is 4.13. The summed E-state index contributed by atoms with van der Waals surface area (Å²) in [6.45, 7) is 2.25. The van der Waals surface area contributed by atoms with E-state index in [0.29, 0.717) is 37.1 Å². The van der Waals surface area contributed by atoms with E-state index < -0.39 is 11.9 Å². The maximum Gasteiger partial charge on any atom is 0.435 e. The van der Waals surface area contributed by atoms with Crippen LogP contribution in [-0.4, -0.2) is 15.7 Å². The van der Waals surface area contributed by atoms with E-state index in [-0.39, 0.29) is 18.4 Å². The summed E-state index contributed by atoms with van der Waals surface area (Å²) in [6.07, 6.45) is -0.969. The number of nitrogens with zero attached hydrogens (tertiary/aromatic N) is 2. The average molecular weight is 385 g/mol. The number of rotatable bonds is 6. The van der Waals surface area contributed by atoms with Gasteiger partial charge in [0, 0.05) is 29.1 Å². The fraction of sp³-hybridized carbons (Fsp3) is 0.556. The van der Waals surface area contributed by atoms with Crippen molar-refractivity contribution in [2.75, 3.05) is 0 Å². The van der Waals surface area contributed by atoms with E-state index >= 15 is 0 Å². The Morgan fingerprint density at radius 1 is 1.38 bits per heavy atom. The molecule has 1 aliphatic rings. The first-order valence-corrected chi connectivity index (χ1v) is 9.72. The normalized spacial score (nSPS) is 15.5. The smallest absolute Gasteiger partial charge is 0.349 e. The van der Waals surface area contributed by atoms with Gasteiger partial charge in [-0.25, -0.2) is 0 Å². The van der Waals surface area contributed by atoms with Crippen molar-refractivity contribution < 1.29 is 18.0 Å². The van der Waals surface area contributed by atoms with E-state index in [9.17, 15) is 18.0 Å². The van der Waals surface area contributed by atoms with Gasteiger partial charge in [-0.15, -0.1) is 11.3 Å². The van der Waals surface area contributed by atoms with Crippen molar-refractivity contribution in [1.82, 2.24) is 15.1 Å². The maximum atomic E-state index is 13.2. The standard InChI is InChI=1S/C18H22F3N3OS/c1-12(15-8-5-11-26-15)22-16(25)9-4-10-24-14-7-3-2-6-13(14)17(23-24)18(19,20)21/h5,8,11-12H,2-4,6-7,9-10H2,1H3,(H,22,25). The zero-order chi connectivity index (χ0) is 18.7. The number of carbonyl (C=O) groups excluding carboxylic acids is 1. The Bertz CT molecular complexity index is 753. The van der Waals surface area contributed by atoms with Crippen molar-refractivity contribution in [1.29, 1.82) is 0 Å². The van der Waals surface area contributed by atoms with Gasteiger partial charge in [0.2, 0.25) is 5.91 Å². The largest absolute Gasteiger partial charge is 0.435 e. The third kappa shape index (κ3) is 4.28. The molecule has 3 rings (SSSR count). The number of aromatic nitrogens is 2. The van der Waals surface area contributed by atoms with Gasteiger partial charge < -0.3 is 5.32 Å². The minimum absolute atomic E-state index is 0.0585. The summed E-state index contributed by atoms with van der Waals surface area (Å²) >= 11 is 1.58. The minimum atomic E-state index is -4.42. The molecule has 2 aromatic heterocycles. The van der Waals surface area contributed by atoms with Crippen LogP contribution in [0.4, 0.5) is 13.2 Å². The van der Waals surface area contributed by atoms with Gasteiger partial charge in [-0.1, -0.05) is 6.07 Å². The molecule has 0 fully saturated rings. The Kier molecular flexibility index (Phi) is 5.70. The molecule has 0 spiro atoms. The molecule has 1 amide bonds. The number of aryl methyl sites for hydroxylation is 1. The molecule has 0 saturated carbocycles. The lowest BCUT2D eigenvalue weighted by Gasteiger charge is -2.15. The van der Waals surface area contributed by atoms with Gasteiger partial charge in [0.25, 0.3) is 0 Å². The number of nitrogens with one attached hydrogen (secondary N) is 1. The second-order valence-corrected chi connectivity index (χ2v) is 7.59. The summed E-state index contributed by atoms with van der Waals surface area (Å²) in [6, 6.07) is 3.84. The summed E-state index contributed by atoms with van der Waals surface area (Å²) in [4.78, 5) is 13.2. The molecule has 0 radical (unpaired) electrons. The molecule has 1 unspecified atom stereocenters. The quantitative estimate of drug-likeness (QED) is 0.796. The van der Waals surface area contributed by atoms with Crippen molar-refractivity contribution in [2.24, 2.45) is 0 Å². The molecule has 1 N–H and O–H groups in total. The van der Waals surface area contributed by atoms with Gasteiger partial charge in [-0.2, -0.15) is 18.3 Å². The molecule has 8 heteroatoms. The first-order chi connectivity index (χ1) is 12.4. The molecule has 26 heavy (non-hydrogen) atoms. The number of halogens is 3. The van der Waals surface area contributed by atoms with Crippen LogP contribution in [0.15, 0.2) is 17.5 Å². The molecule has 0 aliphatic heterocycles. The van der Waals surface area contributed by atoms with Crippen molar-refractivity contribution in [3.63, 3.8) is 0 Å². The molecule has 0 saturated heterocycles. The fourth-order valence-electron chi connectivity index (χ4n) is 3.40. The number of amides is 1. The summed E-state index contributed by atoms with van der Waals surface area (Å²) in [5, 5.41) is 8.70. The van der Waals surface area contributed by atoms with Crippen LogP contribution in [0.3, 0.4) is 0 Å². The highest BCUT2D eigenvalue weighted by atomic mass is 32.1. The number of fused-ring (bicyclic) bond motifs is 1. The lowest BCUT2D eigenvalue weighted by atomic mass is 9.95. The van der Waals surface area contributed by atoms with Gasteiger partial charge in [0.1, 0.15) is 0 Å². The van der Waals surface area contributed by atoms with Crippen LogP contribution in [-0.2, 0) is 30.4 Å². The van der Waals surface area contributed by atoms with E-state index in [1.807, 2.05) is 24.4 Å². The van der Waals surface area contributed by atoms with Gasteiger partial charge in [-0.05, 0) is 50.5 Å². The number of carbonyl (C=O) groups is 1. The predicted octanol–water partition coefficient (Wildman–Crippen LogP) is 4.50. The van der Waals surface area contributed by atoms with Crippen molar-refractivity contribution in [3.8, 4) is 0 Å². The Hall–Kier alpha value is -1.83. The van der Waals surface area contributed by atoms with Crippen LogP contribution in [0.1, 0.15) is 60.5 Å². The maximum absolute atomic E-state index is 13.2. The molecule has 1 aliphatic carbocycles. The van der Waals surface area contributed by atoms with E-state index in [0.717, 1.165) is 17.7 Å². The van der Waals surface area contributed by atoms with Gasteiger partial charge in [0.15, 0.2) is 5.69 Å². The van der Waals surface area contributed by atoms with Gasteiger partial charge in [0.05, 0.1) is 6.04 Å². The average Bonchev–Trinajstić information content (AvgIpc) is 3.22. The Morgan fingerprint density at radius 3 is 2.85 bits per heavy atom. The van der Waals surface area contributed by atoms with Crippen LogP contribution in [0.2, 0.25) is 0 Å². The van der Waals surface area contributed by atoms with Crippen LogP contribution < -0.4 is 5.32 Å². The van der Waals surface area contributed by atoms with Gasteiger partial charge >= 0.3 is 6.18 Å². The van der Waals surface area contributed by atoms with Crippen LogP contribution >= 0.6 is 11.3 Å². The van der Waals surface area contributed by atoms with Crippen molar-refractivity contribution >= 4 is 17.2 Å². The molecule has 142 valence electrons. The van der Waals surface area contributed by atoms with Crippen molar-refractivity contribution in [3.05, 3.63) is 39.3 Å². The highest BCUT2D eigenvalue weighted by molar-refractivity contribution is 7.10. The number of alkyl halides is 3. The Labute approximate surface area is 154 Å². The molecule has 1 atom stereocenters. The lowest BCUT2D eigenvalue weighted by Crippen LogP contribution is -2.26. The first-order valence-electron chi connectivity index (χ1n) is 8.85.